The van der Waals surface area contributed by atoms with E-state index in [4.69, 9.17) is 20.4 Å². The molecule has 0 aliphatic rings. The van der Waals surface area contributed by atoms with Crippen molar-refractivity contribution in [2.45, 2.75) is 18.4 Å². The fourth-order valence-electron chi connectivity index (χ4n) is 0.714. The van der Waals surface area contributed by atoms with E-state index in [0.29, 0.717) is 0 Å². The number of hydrogen-bond acceptors (Lipinski definition) is 4. The van der Waals surface area contributed by atoms with E-state index in [0.717, 1.165) is 0 Å². The minimum atomic E-state index is -2.74. The molecule has 0 unspecified atom stereocenters. The summed E-state index contributed by atoms with van der Waals surface area (Å²) < 4.78 is 0. The van der Waals surface area contributed by atoms with E-state index in [9.17, 15) is 14.4 Å². The van der Waals surface area contributed by atoms with Crippen LogP contribution in [0, 0.1) is 0 Å². The van der Waals surface area contributed by atoms with Gasteiger partial charge in [-0.05, 0) is 0 Å². The summed E-state index contributed by atoms with van der Waals surface area (Å²) in [4.78, 5) is 30.5. The molecule has 0 heterocycles. The molecule has 13 heteroatoms. The molecular formula is C6H14Na6O7. The van der Waals surface area contributed by atoms with Crippen LogP contribution < -0.4 is 0 Å². The first-order valence-electron chi connectivity index (χ1n) is 3.17. The topological polar surface area (TPSA) is 132 Å². The molecule has 0 aliphatic heterocycles. The van der Waals surface area contributed by atoms with E-state index in [1.54, 1.807) is 0 Å². The number of rotatable bonds is 5. The van der Waals surface area contributed by atoms with Crippen molar-refractivity contribution in [3.05, 3.63) is 0 Å². The van der Waals surface area contributed by atoms with Crippen LogP contribution in [0.5, 0.6) is 0 Å². The molecule has 7 nitrogen and oxygen atoms in total. The summed E-state index contributed by atoms with van der Waals surface area (Å²) in [6.45, 7) is 0. The Hall–Kier alpha value is 4.37. The van der Waals surface area contributed by atoms with Crippen molar-refractivity contribution in [1.82, 2.24) is 0 Å². The second kappa shape index (κ2) is 22.4. The number of carbonyl (C=O) groups is 3. The van der Waals surface area contributed by atoms with E-state index < -0.39 is 36.4 Å². The molecule has 0 aromatic rings. The first kappa shape index (κ1) is 43.6. The molecule has 0 aromatic carbocycles. The third kappa shape index (κ3) is 22.4. The summed E-state index contributed by atoms with van der Waals surface area (Å²) in [5, 5.41) is 33.8. The molecular weight excluding hydrogens is 322 g/mol. The van der Waals surface area contributed by atoms with Gasteiger partial charge in [0, 0.05) is 0 Å². The van der Waals surface area contributed by atoms with Gasteiger partial charge in [-0.3, -0.25) is 9.59 Å². The Kier molecular flexibility index (Phi) is 51.4. The van der Waals surface area contributed by atoms with Crippen molar-refractivity contribution in [3.8, 4) is 0 Å². The maximum absolute atomic E-state index is 10.3. The van der Waals surface area contributed by atoms with E-state index in [2.05, 4.69) is 0 Å². The van der Waals surface area contributed by atoms with Crippen molar-refractivity contribution in [2.24, 2.45) is 0 Å². The Bertz CT molecular complexity index is 244. The van der Waals surface area contributed by atoms with Gasteiger partial charge in [-0.2, -0.15) is 0 Å². The van der Waals surface area contributed by atoms with Crippen LogP contribution in [0.1, 0.15) is 12.8 Å². The molecule has 0 bridgehead atoms. The number of aliphatic hydroxyl groups is 1. The van der Waals surface area contributed by atoms with Crippen molar-refractivity contribution >= 4 is 195 Å². The number of carboxylic acid groups (broad SMARTS) is 3. The van der Waals surface area contributed by atoms with E-state index in [1.165, 1.54) is 0 Å². The molecule has 0 aromatic heterocycles. The molecule has 86 valence electrons. The molecule has 0 saturated heterocycles. The second-order valence-corrected chi connectivity index (χ2v) is 2.48. The average molecular weight is 336 g/mol. The summed E-state index contributed by atoms with van der Waals surface area (Å²) in [7, 11) is 0. The standard InChI is InChI=1S/C6H8O7.6Na.6H/c7-3(8)1-6(13,5(11)12)2-4(9)10;;;;;;;;;;;;/h13H,1-2H2,(H,7,8)(H,9,10)(H,11,12);;;;;;;;;;;;. The van der Waals surface area contributed by atoms with Gasteiger partial charge in [0.1, 0.15) is 0 Å². The SMILES string of the molecule is O=C(O)CC(O)(CC(=O)O)C(=O)O.[NaH].[NaH].[NaH].[NaH].[NaH].[NaH]. The van der Waals surface area contributed by atoms with Crippen LogP contribution in [-0.4, -0.2) is 221 Å². The number of aliphatic carboxylic acids is 3. The summed E-state index contributed by atoms with van der Waals surface area (Å²) >= 11 is 0. The van der Waals surface area contributed by atoms with Crippen LogP contribution in [0.3, 0.4) is 0 Å². The van der Waals surface area contributed by atoms with E-state index in [-0.39, 0.29) is 177 Å². The van der Waals surface area contributed by atoms with Gasteiger partial charge in [-0.1, -0.05) is 0 Å². The quantitative estimate of drug-likeness (QED) is 0.369. The zero-order chi connectivity index (χ0) is 10.6. The Morgan fingerprint density at radius 1 is 0.684 bits per heavy atom. The molecule has 0 amide bonds. The maximum atomic E-state index is 10.3. The molecule has 0 fully saturated rings. The Morgan fingerprint density at radius 3 is 1.00 bits per heavy atom. The Morgan fingerprint density at radius 2 is 0.895 bits per heavy atom. The predicted molar refractivity (Wildman–Crippen MR) is 80.0 cm³/mol. The number of hydrogen-bond donors (Lipinski definition) is 4. The van der Waals surface area contributed by atoms with Crippen molar-refractivity contribution in [3.63, 3.8) is 0 Å². The van der Waals surface area contributed by atoms with Gasteiger partial charge in [0.15, 0.2) is 5.60 Å². The normalized spacial score (nSPS) is 7.42. The number of carboxylic acids is 3. The minimum absolute atomic E-state index is 0. The summed E-state index contributed by atoms with van der Waals surface area (Å²) in [6.07, 6.45) is -2.29. The Labute approximate surface area is 243 Å². The molecule has 0 saturated carbocycles. The molecule has 0 aliphatic carbocycles. The van der Waals surface area contributed by atoms with Crippen LogP contribution in [0.15, 0.2) is 0 Å². The Balaban J connectivity index is -0.0000000480. The molecule has 0 spiro atoms. The van der Waals surface area contributed by atoms with Gasteiger partial charge in [-0.25, -0.2) is 4.79 Å². The van der Waals surface area contributed by atoms with Gasteiger partial charge < -0.3 is 20.4 Å². The van der Waals surface area contributed by atoms with Gasteiger partial charge in [-0.15, -0.1) is 0 Å². The van der Waals surface area contributed by atoms with Crippen molar-refractivity contribution in [2.75, 3.05) is 0 Å². The van der Waals surface area contributed by atoms with Crippen LogP contribution in [0.2, 0.25) is 0 Å². The third-order valence-electron chi connectivity index (χ3n) is 1.29. The van der Waals surface area contributed by atoms with Gasteiger partial charge >= 0.3 is 195 Å². The van der Waals surface area contributed by atoms with Crippen molar-refractivity contribution in [1.29, 1.82) is 0 Å². The van der Waals surface area contributed by atoms with Crippen molar-refractivity contribution < 1.29 is 34.8 Å². The molecule has 19 heavy (non-hydrogen) atoms. The van der Waals surface area contributed by atoms with Crippen LogP contribution in [0.25, 0.3) is 0 Å². The first-order chi connectivity index (χ1) is 5.78. The molecule has 4 N–H and O–H groups in total. The summed E-state index contributed by atoms with van der Waals surface area (Å²) in [5.41, 5.74) is -2.74. The van der Waals surface area contributed by atoms with Gasteiger partial charge in [0.25, 0.3) is 0 Å². The van der Waals surface area contributed by atoms with Gasteiger partial charge in [0.05, 0.1) is 12.8 Å². The zero-order valence-corrected chi connectivity index (χ0v) is 6.43. The van der Waals surface area contributed by atoms with Crippen LogP contribution in [-0.2, 0) is 14.4 Å². The third-order valence-corrected chi connectivity index (χ3v) is 1.29. The zero-order valence-electron chi connectivity index (χ0n) is 6.43. The monoisotopic (exact) mass is 336 g/mol. The van der Waals surface area contributed by atoms with Crippen LogP contribution in [0.4, 0.5) is 0 Å². The summed E-state index contributed by atoms with van der Waals surface area (Å²) in [6, 6.07) is 0. The van der Waals surface area contributed by atoms with E-state index in [1.807, 2.05) is 0 Å². The molecule has 0 radical (unpaired) electrons. The van der Waals surface area contributed by atoms with Gasteiger partial charge in [0.2, 0.25) is 0 Å². The summed E-state index contributed by atoms with van der Waals surface area (Å²) in [5.74, 6) is -5.02. The fourth-order valence-corrected chi connectivity index (χ4v) is 0.714. The fraction of sp³-hybridized carbons (Fsp3) is 0.500. The predicted octanol–water partition coefficient (Wildman–Crippen LogP) is -5.14. The molecule has 0 rings (SSSR count). The van der Waals surface area contributed by atoms with E-state index >= 15 is 0 Å². The average Bonchev–Trinajstić information content (AvgIpc) is 1.82. The van der Waals surface area contributed by atoms with Crippen LogP contribution >= 0.6 is 0 Å². The second-order valence-electron chi connectivity index (χ2n) is 2.48. The first-order valence-corrected chi connectivity index (χ1v) is 3.17. The molecule has 0 atom stereocenters.